The van der Waals surface area contributed by atoms with Crippen molar-refractivity contribution in [2.24, 2.45) is 7.05 Å². The van der Waals surface area contributed by atoms with E-state index in [4.69, 9.17) is 0 Å². The number of aromatic nitrogens is 3. The van der Waals surface area contributed by atoms with Crippen LogP contribution in [0.1, 0.15) is 18.5 Å². The van der Waals surface area contributed by atoms with Crippen LogP contribution in [0.2, 0.25) is 0 Å². The zero-order chi connectivity index (χ0) is 11.0. The fourth-order valence-electron chi connectivity index (χ4n) is 1.63. The van der Waals surface area contributed by atoms with Gasteiger partial charge in [-0.15, -0.1) is 11.3 Å². The van der Waals surface area contributed by atoms with Gasteiger partial charge in [0.2, 0.25) is 0 Å². The van der Waals surface area contributed by atoms with E-state index in [9.17, 15) is 0 Å². The first kappa shape index (κ1) is 9.99. The second-order valence-electron chi connectivity index (χ2n) is 4.14. The summed E-state index contributed by atoms with van der Waals surface area (Å²) in [7, 11) is 1.94. The summed E-state index contributed by atoms with van der Waals surface area (Å²) in [5.41, 5.74) is 2.22. The van der Waals surface area contributed by atoms with Gasteiger partial charge in [-0.3, -0.25) is 4.68 Å². The average molecular weight is 234 g/mol. The summed E-state index contributed by atoms with van der Waals surface area (Å²) in [6.07, 6.45) is 4.44. The van der Waals surface area contributed by atoms with Crippen LogP contribution >= 0.6 is 11.3 Å². The summed E-state index contributed by atoms with van der Waals surface area (Å²) in [6, 6.07) is 2.73. The second-order valence-corrected chi connectivity index (χ2v) is 5.00. The minimum Gasteiger partial charge on any atom is -0.308 e. The molecule has 0 spiro atoms. The molecule has 1 aliphatic rings. The molecule has 84 valence electrons. The summed E-state index contributed by atoms with van der Waals surface area (Å²) < 4.78 is 1.86. The normalized spacial score (nSPS) is 15.6. The van der Waals surface area contributed by atoms with E-state index in [1.165, 1.54) is 12.8 Å². The molecule has 5 heteroatoms. The van der Waals surface area contributed by atoms with Crippen molar-refractivity contribution in [1.29, 1.82) is 0 Å². The van der Waals surface area contributed by atoms with E-state index in [1.807, 2.05) is 17.8 Å². The van der Waals surface area contributed by atoms with Crippen molar-refractivity contribution in [1.82, 2.24) is 20.1 Å². The molecule has 0 aliphatic heterocycles. The first-order valence-corrected chi connectivity index (χ1v) is 6.37. The smallest absolute Gasteiger partial charge is 0.141 e. The predicted molar refractivity (Wildman–Crippen MR) is 64.2 cm³/mol. The highest BCUT2D eigenvalue weighted by Crippen LogP contribution is 2.24. The Balaban J connectivity index is 1.74. The number of thiazole rings is 1. The lowest BCUT2D eigenvalue weighted by Gasteiger charge is -1.98. The largest absolute Gasteiger partial charge is 0.308 e. The van der Waals surface area contributed by atoms with Crippen LogP contribution in [0, 0.1) is 0 Å². The molecule has 16 heavy (non-hydrogen) atoms. The third-order valence-electron chi connectivity index (χ3n) is 2.74. The van der Waals surface area contributed by atoms with Crippen LogP contribution in [-0.2, 0) is 13.6 Å². The van der Waals surface area contributed by atoms with Gasteiger partial charge in [0.15, 0.2) is 0 Å². The molecule has 2 aromatic rings. The van der Waals surface area contributed by atoms with Gasteiger partial charge >= 0.3 is 0 Å². The maximum atomic E-state index is 4.61. The predicted octanol–water partition coefficient (Wildman–Crippen LogP) is 1.80. The highest BCUT2D eigenvalue weighted by molar-refractivity contribution is 7.13. The Hall–Kier alpha value is -1.20. The number of aryl methyl sites for hydroxylation is 1. The highest BCUT2D eigenvalue weighted by Gasteiger charge is 2.20. The van der Waals surface area contributed by atoms with E-state index in [2.05, 4.69) is 20.8 Å². The van der Waals surface area contributed by atoms with Crippen molar-refractivity contribution >= 4 is 11.3 Å². The maximum Gasteiger partial charge on any atom is 0.141 e. The van der Waals surface area contributed by atoms with Crippen molar-refractivity contribution in [3.05, 3.63) is 23.3 Å². The molecule has 2 aromatic heterocycles. The molecule has 0 aromatic carbocycles. The fourth-order valence-corrected chi connectivity index (χ4v) is 2.50. The Morgan fingerprint density at radius 2 is 2.44 bits per heavy atom. The Morgan fingerprint density at radius 1 is 1.56 bits per heavy atom. The lowest BCUT2D eigenvalue weighted by molar-refractivity contribution is 0.677. The lowest BCUT2D eigenvalue weighted by atomic mass is 10.4. The van der Waals surface area contributed by atoms with Crippen LogP contribution in [0.5, 0.6) is 0 Å². The van der Waals surface area contributed by atoms with Crippen LogP contribution in [0.4, 0.5) is 0 Å². The van der Waals surface area contributed by atoms with E-state index in [1.54, 1.807) is 17.5 Å². The van der Waals surface area contributed by atoms with E-state index in [0.717, 1.165) is 29.0 Å². The molecule has 0 saturated heterocycles. The number of nitrogens with zero attached hydrogens (tertiary/aromatic N) is 3. The molecule has 3 rings (SSSR count). The van der Waals surface area contributed by atoms with Crippen molar-refractivity contribution in [2.45, 2.75) is 25.4 Å². The van der Waals surface area contributed by atoms with Gasteiger partial charge in [-0.25, -0.2) is 4.98 Å². The SMILES string of the molecule is Cn1nccc1-c1nc(CNC2CC2)cs1. The second kappa shape index (κ2) is 3.99. The Bertz CT molecular complexity index is 484. The molecular formula is C11H14N4S. The summed E-state index contributed by atoms with van der Waals surface area (Å²) in [5.74, 6) is 0. The van der Waals surface area contributed by atoms with Gasteiger partial charge in [-0.2, -0.15) is 5.10 Å². The monoisotopic (exact) mass is 234 g/mol. The molecule has 1 fully saturated rings. The third kappa shape index (κ3) is 2.01. The Kier molecular flexibility index (Phi) is 2.49. The highest BCUT2D eigenvalue weighted by atomic mass is 32.1. The molecule has 1 aliphatic carbocycles. The van der Waals surface area contributed by atoms with Gasteiger partial charge in [-0.1, -0.05) is 0 Å². The number of nitrogens with one attached hydrogen (secondary N) is 1. The van der Waals surface area contributed by atoms with E-state index in [-0.39, 0.29) is 0 Å². The summed E-state index contributed by atoms with van der Waals surface area (Å²) in [4.78, 5) is 4.61. The number of hydrogen-bond donors (Lipinski definition) is 1. The van der Waals surface area contributed by atoms with Gasteiger partial charge in [0.25, 0.3) is 0 Å². The van der Waals surface area contributed by atoms with Gasteiger partial charge in [0, 0.05) is 31.2 Å². The fraction of sp³-hybridized carbons (Fsp3) is 0.455. The van der Waals surface area contributed by atoms with Crippen LogP contribution in [-0.4, -0.2) is 20.8 Å². The molecule has 1 N–H and O–H groups in total. The molecule has 0 amide bonds. The first-order chi connectivity index (χ1) is 7.83. The van der Waals surface area contributed by atoms with Crippen LogP contribution in [0.3, 0.4) is 0 Å². The summed E-state index contributed by atoms with van der Waals surface area (Å²) in [6.45, 7) is 0.888. The zero-order valence-corrected chi connectivity index (χ0v) is 10.00. The van der Waals surface area contributed by atoms with Crippen LogP contribution < -0.4 is 5.32 Å². The van der Waals surface area contributed by atoms with Crippen LogP contribution in [0.25, 0.3) is 10.7 Å². The average Bonchev–Trinajstić information content (AvgIpc) is 2.82. The van der Waals surface area contributed by atoms with Crippen molar-refractivity contribution in [2.75, 3.05) is 0 Å². The zero-order valence-electron chi connectivity index (χ0n) is 9.18. The van der Waals surface area contributed by atoms with Crippen LogP contribution in [0.15, 0.2) is 17.6 Å². The van der Waals surface area contributed by atoms with E-state index < -0.39 is 0 Å². The topological polar surface area (TPSA) is 42.7 Å². The van der Waals surface area contributed by atoms with Crippen molar-refractivity contribution < 1.29 is 0 Å². The molecule has 2 heterocycles. The first-order valence-electron chi connectivity index (χ1n) is 5.49. The van der Waals surface area contributed by atoms with Crippen molar-refractivity contribution in [3.8, 4) is 10.7 Å². The van der Waals surface area contributed by atoms with Gasteiger partial charge in [-0.05, 0) is 18.9 Å². The summed E-state index contributed by atoms with van der Waals surface area (Å²) in [5, 5.41) is 10.8. The Morgan fingerprint density at radius 3 is 3.12 bits per heavy atom. The Labute approximate surface area is 98.3 Å². The van der Waals surface area contributed by atoms with Gasteiger partial charge < -0.3 is 5.32 Å². The minimum absolute atomic E-state index is 0.738. The standard InChI is InChI=1S/C11H14N4S/c1-15-10(4-5-13-15)11-14-9(7-16-11)6-12-8-2-3-8/h4-5,7-8,12H,2-3,6H2,1H3. The lowest BCUT2D eigenvalue weighted by Crippen LogP contribution is -2.15. The van der Waals surface area contributed by atoms with Gasteiger partial charge in [0.1, 0.15) is 5.01 Å². The minimum atomic E-state index is 0.738. The number of hydrogen-bond acceptors (Lipinski definition) is 4. The molecule has 0 radical (unpaired) electrons. The van der Waals surface area contributed by atoms with Crippen molar-refractivity contribution in [3.63, 3.8) is 0 Å². The molecule has 1 saturated carbocycles. The molecular weight excluding hydrogens is 220 g/mol. The third-order valence-corrected chi connectivity index (χ3v) is 3.65. The number of rotatable bonds is 4. The van der Waals surface area contributed by atoms with E-state index >= 15 is 0 Å². The quantitative estimate of drug-likeness (QED) is 0.877. The maximum absolute atomic E-state index is 4.61. The summed E-state index contributed by atoms with van der Waals surface area (Å²) >= 11 is 1.68. The van der Waals surface area contributed by atoms with E-state index in [0.29, 0.717) is 0 Å². The van der Waals surface area contributed by atoms with Gasteiger partial charge in [0.05, 0.1) is 11.4 Å². The molecule has 0 atom stereocenters. The molecule has 4 nitrogen and oxygen atoms in total. The molecule has 0 unspecified atom stereocenters. The molecule has 0 bridgehead atoms.